The molecule has 3 nitrogen and oxygen atoms in total. The van der Waals surface area contributed by atoms with Crippen molar-refractivity contribution in [3.8, 4) is 0 Å². The van der Waals surface area contributed by atoms with Crippen LogP contribution in [0.3, 0.4) is 0 Å². The normalized spacial score (nSPS) is 16.9. The van der Waals surface area contributed by atoms with Crippen molar-refractivity contribution in [2.75, 3.05) is 5.43 Å². The van der Waals surface area contributed by atoms with Crippen molar-refractivity contribution < 1.29 is 0 Å². The first kappa shape index (κ1) is 11.5. The molecule has 94 valence electrons. The highest BCUT2D eigenvalue weighted by Crippen LogP contribution is 2.36. The number of nitrogens with two attached hydrogens (primary N) is 1. The Morgan fingerprint density at radius 2 is 1.89 bits per heavy atom. The van der Waals surface area contributed by atoms with Crippen LogP contribution in [0.2, 0.25) is 0 Å². The van der Waals surface area contributed by atoms with E-state index in [-0.39, 0.29) is 0 Å². The van der Waals surface area contributed by atoms with Gasteiger partial charge in [-0.05, 0) is 36.5 Å². The average molecular weight is 241 g/mol. The number of pyridine rings is 1. The van der Waals surface area contributed by atoms with Crippen LogP contribution in [-0.2, 0) is 0 Å². The molecule has 1 heterocycles. The van der Waals surface area contributed by atoms with E-state index in [0.29, 0.717) is 5.92 Å². The first-order valence-corrected chi connectivity index (χ1v) is 6.75. The molecular formula is C15H19N3. The molecule has 1 aliphatic carbocycles. The van der Waals surface area contributed by atoms with Gasteiger partial charge in [-0.3, -0.25) is 0 Å². The number of hydrazine groups is 1. The number of aromatic nitrogens is 1. The van der Waals surface area contributed by atoms with Crippen molar-refractivity contribution in [2.24, 2.45) is 5.84 Å². The number of nitrogens with zero attached hydrogens (tertiary/aromatic N) is 1. The molecule has 1 aromatic carbocycles. The SMILES string of the molecule is NNc1nc2ccccc2cc1C1CCCCC1. The second-order valence-electron chi connectivity index (χ2n) is 5.10. The van der Waals surface area contributed by atoms with Gasteiger partial charge in [-0.1, -0.05) is 37.5 Å². The lowest BCUT2D eigenvalue weighted by atomic mass is 9.84. The van der Waals surface area contributed by atoms with Gasteiger partial charge in [-0.15, -0.1) is 0 Å². The maximum atomic E-state index is 5.64. The highest BCUT2D eigenvalue weighted by Gasteiger charge is 2.19. The van der Waals surface area contributed by atoms with Crippen LogP contribution in [0, 0.1) is 0 Å². The van der Waals surface area contributed by atoms with E-state index in [1.165, 1.54) is 43.1 Å². The fourth-order valence-electron chi connectivity index (χ4n) is 2.97. The Kier molecular flexibility index (Phi) is 3.15. The molecular weight excluding hydrogens is 222 g/mol. The number of fused-ring (bicyclic) bond motifs is 1. The van der Waals surface area contributed by atoms with E-state index in [1.807, 2.05) is 12.1 Å². The van der Waals surface area contributed by atoms with Gasteiger partial charge >= 0.3 is 0 Å². The van der Waals surface area contributed by atoms with Crippen molar-refractivity contribution in [3.63, 3.8) is 0 Å². The number of para-hydroxylation sites is 1. The van der Waals surface area contributed by atoms with Crippen LogP contribution in [0.4, 0.5) is 5.82 Å². The van der Waals surface area contributed by atoms with E-state index in [0.717, 1.165) is 11.3 Å². The van der Waals surface area contributed by atoms with Gasteiger partial charge in [0.05, 0.1) is 5.52 Å². The van der Waals surface area contributed by atoms with Crippen molar-refractivity contribution >= 4 is 16.7 Å². The van der Waals surface area contributed by atoms with Crippen molar-refractivity contribution in [2.45, 2.75) is 38.0 Å². The third kappa shape index (κ3) is 2.06. The zero-order chi connectivity index (χ0) is 12.4. The van der Waals surface area contributed by atoms with Crippen LogP contribution in [0.15, 0.2) is 30.3 Å². The molecule has 0 aliphatic heterocycles. The summed E-state index contributed by atoms with van der Waals surface area (Å²) in [6.45, 7) is 0. The van der Waals surface area contributed by atoms with Crippen LogP contribution >= 0.6 is 0 Å². The summed E-state index contributed by atoms with van der Waals surface area (Å²) in [6.07, 6.45) is 6.52. The fraction of sp³-hybridized carbons (Fsp3) is 0.400. The Bertz CT molecular complexity index is 544. The largest absolute Gasteiger partial charge is 0.308 e. The molecule has 1 saturated carbocycles. The number of rotatable bonds is 2. The second-order valence-corrected chi connectivity index (χ2v) is 5.10. The van der Waals surface area contributed by atoms with E-state index < -0.39 is 0 Å². The molecule has 18 heavy (non-hydrogen) atoms. The van der Waals surface area contributed by atoms with Gasteiger partial charge in [-0.25, -0.2) is 10.8 Å². The highest BCUT2D eigenvalue weighted by molar-refractivity contribution is 5.81. The number of nitrogen functional groups attached to an aromatic ring is 1. The number of nitrogens with one attached hydrogen (secondary N) is 1. The molecule has 0 radical (unpaired) electrons. The molecule has 1 aliphatic rings. The third-order valence-corrected chi connectivity index (χ3v) is 3.94. The van der Waals surface area contributed by atoms with Crippen molar-refractivity contribution in [3.05, 3.63) is 35.9 Å². The maximum Gasteiger partial charge on any atom is 0.144 e. The number of benzene rings is 1. The molecule has 0 bridgehead atoms. The summed E-state index contributed by atoms with van der Waals surface area (Å²) in [5, 5.41) is 1.21. The summed E-state index contributed by atoms with van der Waals surface area (Å²) in [6, 6.07) is 10.5. The predicted molar refractivity (Wildman–Crippen MR) is 75.4 cm³/mol. The zero-order valence-electron chi connectivity index (χ0n) is 10.5. The van der Waals surface area contributed by atoms with Crippen LogP contribution in [0.1, 0.15) is 43.6 Å². The van der Waals surface area contributed by atoms with E-state index in [2.05, 4.69) is 28.6 Å². The highest BCUT2D eigenvalue weighted by atomic mass is 15.2. The Balaban J connectivity index is 2.08. The maximum absolute atomic E-state index is 5.64. The van der Waals surface area contributed by atoms with Crippen molar-refractivity contribution in [1.29, 1.82) is 0 Å². The molecule has 1 aromatic heterocycles. The van der Waals surface area contributed by atoms with E-state index in [1.54, 1.807) is 0 Å². The summed E-state index contributed by atoms with van der Waals surface area (Å²) in [4.78, 5) is 4.63. The van der Waals surface area contributed by atoms with Gasteiger partial charge in [0.2, 0.25) is 0 Å². The monoisotopic (exact) mass is 241 g/mol. The lowest BCUT2D eigenvalue weighted by Gasteiger charge is -2.24. The van der Waals surface area contributed by atoms with Gasteiger partial charge in [0.15, 0.2) is 0 Å². The van der Waals surface area contributed by atoms with E-state index in [4.69, 9.17) is 5.84 Å². The summed E-state index contributed by atoms with van der Waals surface area (Å²) < 4.78 is 0. The summed E-state index contributed by atoms with van der Waals surface area (Å²) in [5.74, 6) is 7.10. The third-order valence-electron chi connectivity index (χ3n) is 3.94. The Labute approximate surface area is 107 Å². The first-order valence-electron chi connectivity index (χ1n) is 6.75. The van der Waals surface area contributed by atoms with Crippen LogP contribution in [0.5, 0.6) is 0 Å². The molecule has 3 rings (SSSR count). The van der Waals surface area contributed by atoms with Gasteiger partial charge < -0.3 is 5.43 Å². The van der Waals surface area contributed by atoms with Gasteiger partial charge in [0.1, 0.15) is 5.82 Å². The number of hydrogen-bond donors (Lipinski definition) is 2. The molecule has 3 heteroatoms. The Morgan fingerprint density at radius 1 is 1.11 bits per heavy atom. The molecule has 0 amide bonds. The second kappa shape index (κ2) is 4.94. The summed E-state index contributed by atoms with van der Waals surface area (Å²) in [5.41, 5.74) is 5.07. The van der Waals surface area contributed by atoms with Crippen LogP contribution in [0.25, 0.3) is 10.9 Å². The molecule has 0 spiro atoms. The van der Waals surface area contributed by atoms with Gasteiger partial charge in [0, 0.05) is 5.39 Å². The van der Waals surface area contributed by atoms with E-state index >= 15 is 0 Å². The smallest absolute Gasteiger partial charge is 0.144 e. The lowest BCUT2D eigenvalue weighted by Crippen LogP contribution is -2.14. The fourth-order valence-corrected chi connectivity index (χ4v) is 2.97. The summed E-state index contributed by atoms with van der Waals surface area (Å²) >= 11 is 0. The molecule has 0 unspecified atom stereocenters. The summed E-state index contributed by atoms with van der Waals surface area (Å²) in [7, 11) is 0. The molecule has 1 fully saturated rings. The molecule has 0 atom stereocenters. The minimum atomic E-state index is 0.613. The topological polar surface area (TPSA) is 50.9 Å². The standard InChI is InChI=1S/C15H19N3/c16-18-15-13(11-6-2-1-3-7-11)10-12-8-4-5-9-14(12)17-15/h4-5,8-11H,1-3,6-7,16H2,(H,17,18). The van der Waals surface area contributed by atoms with Crippen molar-refractivity contribution in [1.82, 2.24) is 4.98 Å². The molecule has 0 saturated heterocycles. The van der Waals surface area contributed by atoms with Gasteiger partial charge in [0.25, 0.3) is 0 Å². The average Bonchev–Trinajstić information content (AvgIpc) is 2.46. The Morgan fingerprint density at radius 3 is 2.67 bits per heavy atom. The number of anilines is 1. The molecule has 2 aromatic rings. The quantitative estimate of drug-likeness (QED) is 0.624. The first-order chi connectivity index (χ1) is 8.88. The van der Waals surface area contributed by atoms with Crippen LogP contribution in [-0.4, -0.2) is 4.98 Å². The molecule has 3 N–H and O–H groups in total. The van der Waals surface area contributed by atoms with E-state index in [9.17, 15) is 0 Å². The van der Waals surface area contributed by atoms with Crippen LogP contribution < -0.4 is 11.3 Å². The number of hydrogen-bond acceptors (Lipinski definition) is 3. The lowest BCUT2D eigenvalue weighted by molar-refractivity contribution is 0.444. The predicted octanol–water partition coefficient (Wildman–Crippen LogP) is 3.57. The minimum absolute atomic E-state index is 0.613. The van der Waals surface area contributed by atoms with Gasteiger partial charge in [-0.2, -0.15) is 0 Å². The zero-order valence-corrected chi connectivity index (χ0v) is 10.5. The minimum Gasteiger partial charge on any atom is -0.308 e. The Hall–Kier alpha value is -1.61.